The van der Waals surface area contributed by atoms with Crippen molar-refractivity contribution in [3.05, 3.63) is 87.6 Å². The van der Waals surface area contributed by atoms with E-state index in [9.17, 15) is 24.3 Å². The molecule has 2 amide bonds. The summed E-state index contributed by atoms with van der Waals surface area (Å²) in [6, 6.07) is 11.5. The van der Waals surface area contributed by atoms with Crippen LogP contribution in [0.15, 0.2) is 65.7 Å². The Kier molecular flexibility index (Phi) is 8.61. The molecule has 4 rings (SSSR count). The summed E-state index contributed by atoms with van der Waals surface area (Å²) in [6.45, 7) is 0. The summed E-state index contributed by atoms with van der Waals surface area (Å²) in [7, 11) is 1.23. The van der Waals surface area contributed by atoms with Gasteiger partial charge in [-0.05, 0) is 58.5 Å². The van der Waals surface area contributed by atoms with E-state index in [-0.39, 0.29) is 11.3 Å². The third kappa shape index (κ3) is 6.93. The minimum atomic E-state index is -1.20. The molecule has 15 heteroatoms. The number of rotatable bonds is 9. The van der Waals surface area contributed by atoms with Crippen molar-refractivity contribution in [2.75, 3.05) is 12.4 Å². The van der Waals surface area contributed by atoms with E-state index in [1.54, 1.807) is 42.5 Å². The lowest BCUT2D eigenvalue weighted by atomic mass is 10.0. The minimum absolute atomic E-state index is 0.118. The summed E-state index contributed by atoms with van der Waals surface area (Å²) < 4.78 is 5.94. The molecule has 2 aromatic carbocycles. The molecule has 2 heterocycles. The molecule has 0 saturated carbocycles. The Morgan fingerprint density at radius 1 is 1.18 bits per heavy atom. The van der Waals surface area contributed by atoms with Crippen LogP contribution in [0, 0.1) is 0 Å². The van der Waals surface area contributed by atoms with Crippen LogP contribution in [0.3, 0.4) is 0 Å². The zero-order valence-corrected chi connectivity index (χ0v) is 21.5. The van der Waals surface area contributed by atoms with Crippen molar-refractivity contribution in [2.45, 2.75) is 12.5 Å². The number of aromatic nitrogens is 6. The van der Waals surface area contributed by atoms with Gasteiger partial charge in [0.15, 0.2) is 0 Å². The number of H-pyrrole nitrogens is 1. The normalized spacial score (nSPS) is 11.7. The smallest absolute Gasteiger partial charge is 0.411 e. The molecule has 0 fully saturated rings. The molecule has 204 valence electrons. The number of benzene rings is 2. The van der Waals surface area contributed by atoms with Crippen molar-refractivity contribution in [3.8, 4) is 16.8 Å². The molecule has 0 bridgehead atoms. The van der Waals surface area contributed by atoms with E-state index in [4.69, 9.17) is 11.6 Å². The van der Waals surface area contributed by atoms with Gasteiger partial charge in [0.2, 0.25) is 5.91 Å². The van der Waals surface area contributed by atoms with Gasteiger partial charge in [-0.2, -0.15) is 9.78 Å². The number of carboxylic acid groups (broad SMARTS) is 1. The standard InChI is InChI=1S/C25H21ClN8O6/c1-40-25(39)28-17-6-2-14(3-7-17)18-11-20(30-31-24(18)38)19(12-23(36)37)29-22(35)9-4-15-10-16(26)5-8-21(15)34-13-27-32-33-34/h2-11,13,19H,12H2,1H3,(H,28,39)(H,29,35)(H,31,38)(H,36,37)/b9-4+. The van der Waals surface area contributed by atoms with Gasteiger partial charge in [0.05, 0.1) is 36.5 Å². The number of hydrogen-bond acceptors (Lipinski definition) is 9. The number of aromatic amines is 1. The molecule has 0 saturated heterocycles. The Morgan fingerprint density at radius 2 is 1.95 bits per heavy atom. The second-order valence-corrected chi connectivity index (χ2v) is 8.62. The summed E-state index contributed by atoms with van der Waals surface area (Å²) in [5, 5.41) is 32.3. The topological polar surface area (TPSA) is 194 Å². The maximum atomic E-state index is 12.8. The molecule has 0 aliphatic rings. The number of anilines is 1. The predicted molar refractivity (Wildman–Crippen MR) is 143 cm³/mol. The van der Waals surface area contributed by atoms with Gasteiger partial charge in [0.1, 0.15) is 6.33 Å². The van der Waals surface area contributed by atoms with Gasteiger partial charge >= 0.3 is 12.1 Å². The number of nitrogens with one attached hydrogen (secondary N) is 3. The first-order valence-electron chi connectivity index (χ1n) is 11.5. The number of nitrogens with zero attached hydrogens (tertiary/aromatic N) is 5. The zero-order chi connectivity index (χ0) is 28.6. The van der Waals surface area contributed by atoms with Gasteiger partial charge in [0, 0.05) is 22.3 Å². The van der Waals surface area contributed by atoms with E-state index in [1.165, 1.54) is 36.3 Å². The first kappa shape index (κ1) is 27.7. The first-order valence-corrected chi connectivity index (χ1v) is 11.9. The lowest BCUT2D eigenvalue weighted by molar-refractivity contribution is -0.137. The van der Waals surface area contributed by atoms with E-state index < -0.39 is 36.0 Å². The van der Waals surface area contributed by atoms with Gasteiger partial charge < -0.3 is 15.2 Å². The van der Waals surface area contributed by atoms with Crippen molar-refractivity contribution in [1.82, 2.24) is 35.7 Å². The zero-order valence-electron chi connectivity index (χ0n) is 20.7. The predicted octanol–water partition coefficient (Wildman–Crippen LogP) is 2.59. The average Bonchev–Trinajstić information content (AvgIpc) is 3.47. The summed E-state index contributed by atoms with van der Waals surface area (Å²) in [5.74, 6) is -1.82. The molecule has 40 heavy (non-hydrogen) atoms. The highest BCUT2D eigenvalue weighted by Gasteiger charge is 2.21. The fourth-order valence-corrected chi connectivity index (χ4v) is 3.83. The van der Waals surface area contributed by atoms with E-state index >= 15 is 0 Å². The molecule has 14 nitrogen and oxygen atoms in total. The Labute approximate surface area is 230 Å². The number of aliphatic carboxylic acids is 1. The lowest BCUT2D eigenvalue weighted by Gasteiger charge is -2.16. The molecule has 1 atom stereocenters. The van der Waals surface area contributed by atoms with Gasteiger partial charge in [-0.1, -0.05) is 23.7 Å². The van der Waals surface area contributed by atoms with Crippen LogP contribution < -0.4 is 16.2 Å². The van der Waals surface area contributed by atoms with Crippen LogP contribution in [-0.2, 0) is 14.3 Å². The maximum Gasteiger partial charge on any atom is 0.411 e. The Bertz CT molecular complexity index is 1620. The number of carboxylic acids is 1. The third-order valence-electron chi connectivity index (χ3n) is 5.50. The average molecular weight is 565 g/mol. The Balaban J connectivity index is 1.57. The van der Waals surface area contributed by atoms with Crippen LogP contribution in [0.1, 0.15) is 23.7 Å². The van der Waals surface area contributed by atoms with E-state index in [1.807, 2.05) is 0 Å². The van der Waals surface area contributed by atoms with Gasteiger partial charge in [-0.25, -0.2) is 9.89 Å². The molecule has 4 N–H and O–H groups in total. The fourth-order valence-electron chi connectivity index (χ4n) is 3.64. The molecule has 0 aliphatic heterocycles. The summed E-state index contributed by atoms with van der Waals surface area (Å²) in [4.78, 5) is 48.3. The summed E-state index contributed by atoms with van der Waals surface area (Å²) in [5.41, 5.74) is 1.75. The SMILES string of the molecule is COC(=O)Nc1ccc(-c2cc(C(CC(=O)O)NC(=O)/C=C/c3cc(Cl)ccc3-n3cnnn3)n[nH]c2=O)cc1. The van der Waals surface area contributed by atoms with Crippen molar-refractivity contribution >= 4 is 41.3 Å². The fraction of sp³-hybridized carbons (Fsp3) is 0.120. The Morgan fingerprint density at radius 3 is 2.62 bits per heavy atom. The largest absolute Gasteiger partial charge is 0.481 e. The van der Waals surface area contributed by atoms with E-state index in [0.29, 0.717) is 27.5 Å². The molecule has 2 aromatic heterocycles. The number of methoxy groups -OCH3 is 1. The van der Waals surface area contributed by atoms with E-state index in [0.717, 1.165) is 0 Å². The number of halogens is 1. The van der Waals surface area contributed by atoms with E-state index in [2.05, 4.69) is 41.1 Å². The van der Waals surface area contributed by atoms with Crippen LogP contribution in [0.5, 0.6) is 0 Å². The first-order chi connectivity index (χ1) is 19.2. The summed E-state index contributed by atoms with van der Waals surface area (Å²) in [6.07, 6.45) is 2.90. The number of tetrazole rings is 1. The highest BCUT2D eigenvalue weighted by atomic mass is 35.5. The van der Waals surface area contributed by atoms with Crippen LogP contribution in [0.25, 0.3) is 22.9 Å². The van der Waals surface area contributed by atoms with Gasteiger partial charge in [-0.3, -0.25) is 19.7 Å². The lowest BCUT2D eigenvalue weighted by Crippen LogP contribution is -2.30. The van der Waals surface area contributed by atoms with Gasteiger partial charge in [0.25, 0.3) is 5.56 Å². The number of hydrogen-bond donors (Lipinski definition) is 4. The van der Waals surface area contributed by atoms with Gasteiger partial charge in [-0.15, -0.1) is 5.10 Å². The van der Waals surface area contributed by atoms with Crippen LogP contribution in [-0.4, -0.2) is 60.6 Å². The van der Waals surface area contributed by atoms with Crippen molar-refractivity contribution in [1.29, 1.82) is 0 Å². The molecular formula is C25H21ClN8O6. The molecule has 0 aliphatic carbocycles. The van der Waals surface area contributed by atoms with Crippen LogP contribution in [0.4, 0.5) is 10.5 Å². The molecule has 4 aromatic rings. The summed E-state index contributed by atoms with van der Waals surface area (Å²) >= 11 is 6.11. The molecular weight excluding hydrogens is 544 g/mol. The molecule has 0 radical (unpaired) electrons. The third-order valence-corrected chi connectivity index (χ3v) is 5.74. The van der Waals surface area contributed by atoms with Crippen LogP contribution >= 0.6 is 11.6 Å². The second-order valence-electron chi connectivity index (χ2n) is 8.18. The number of carbonyl (C=O) groups is 3. The highest BCUT2D eigenvalue weighted by Crippen LogP contribution is 2.23. The molecule has 1 unspecified atom stereocenters. The quantitative estimate of drug-likeness (QED) is 0.219. The number of carbonyl (C=O) groups excluding carboxylic acids is 2. The maximum absolute atomic E-state index is 12.8. The Hall–Kier alpha value is -5.37. The van der Waals surface area contributed by atoms with Crippen molar-refractivity contribution in [2.24, 2.45) is 0 Å². The highest BCUT2D eigenvalue weighted by molar-refractivity contribution is 6.30. The number of amides is 2. The monoisotopic (exact) mass is 564 g/mol. The number of ether oxygens (including phenoxy) is 1. The van der Waals surface area contributed by atoms with Crippen molar-refractivity contribution in [3.63, 3.8) is 0 Å². The van der Waals surface area contributed by atoms with Crippen LogP contribution in [0.2, 0.25) is 5.02 Å². The minimum Gasteiger partial charge on any atom is -0.481 e. The second kappa shape index (κ2) is 12.4. The molecule has 0 spiro atoms. The van der Waals surface area contributed by atoms with Crippen molar-refractivity contribution < 1.29 is 24.2 Å².